The lowest BCUT2D eigenvalue weighted by Gasteiger charge is -2.35. The summed E-state index contributed by atoms with van der Waals surface area (Å²) in [5, 5.41) is 9.30. The molecule has 1 fully saturated rings. The maximum Gasteiger partial charge on any atom is 0.416 e. The summed E-state index contributed by atoms with van der Waals surface area (Å²) >= 11 is 0. The molecule has 2 aromatic rings. The van der Waals surface area contributed by atoms with Gasteiger partial charge in [-0.3, -0.25) is 4.79 Å². The second kappa shape index (κ2) is 6.27. The number of fused-ring (bicyclic) bond motifs is 1. The van der Waals surface area contributed by atoms with Gasteiger partial charge in [-0.15, -0.1) is 0 Å². The molecule has 1 N–H and O–H groups in total. The number of carbonyl (C=O) groups is 1. The van der Waals surface area contributed by atoms with E-state index in [1.54, 1.807) is 17.0 Å². The van der Waals surface area contributed by atoms with Crippen LogP contribution in [0.2, 0.25) is 0 Å². The van der Waals surface area contributed by atoms with Crippen molar-refractivity contribution in [3.63, 3.8) is 0 Å². The van der Waals surface area contributed by atoms with E-state index < -0.39 is 18.3 Å². The summed E-state index contributed by atoms with van der Waals surface area (Å²) in [5.41, 5.74) is -0.199. The van der Waals surface area contributed by atoms with Crippen LogP contribution in [0.25, 0.3) is 10.9 Å². The molecule has 0 bridgehead atoms. The molecule has 24 heavy (non-hydrogen) atoms. The van der Waals surface area contributed by atoms with Gasteiger partial charge < -0.3 is 14.9 Å². The third-order valence-electron chi connectivity index (χ3n) is 4.09. The molecule has 0 unspecified atom stereocenters. The molecule has 1 aromatic heterocycles. The van der Waals surface area contributed by atoms with E-state index in [0.717, 1.165) is 12.1 Å². The zero-order valence-electron chi connectivity index (χ0n) is 12.8. The highest BCUT2D eigenvalue weighted by Crippen LogP contribution is 2.31. The number of hydrogen-bond acceptors (Lipinski definition) is 4. The number of hydrogen-bond donors (Lipinski definition) is 1. The summed E-state index contributed by atoms with van der Waals surface area (Å²) in [6, 6.07) is 6.79. The van der Waals surface area contributed by atoms with Crippen molar-refractivity contribution in [3.8, 4) is 0 Å². The zero-order valence-corrected chi connectivity index (χ0v) is 12.8. The Morgan fingerprint density at radius 2 is 1.83 bits per heavy atom. The minimum absolute atomic E-state index is 0.305. The lowest BCUT2D eigenvalue weighted by atomic mass is 10.1. The third kappa shape index (κ3) is 3.28. The first kappa shape index (κ1) is 16.5. The van der Waals surface area contributed by atoms with Crippen molar-refractivity contribution in [2.24, 2.45) is 0 Å². The SMILES string of the molecule is O=C(CO)N1CCN(c2ccc3cc(C(F)(F)F)ccc3n2)CC1. The number of halogens is 3. The van der Waals surface area contributed by atoms with Crippen molar-refractivity contribution >= 4 is 22.6 Å². The Morgan fingerprint density at radius 1 is 1.12 bits per heavy atom. The minimum Gasteiger partial charge on any atom is -0.387 e. The van der Waals surface area contributed by atoms with Gasteiger partial charge in [-0.2, -0.15) is 13.2 Å². The lowest BCUT2D eigenvalue weighted by Crippen LogP contribution is -2.49. The Hall–Kier alpha value is -2.35. The van der Waals surface area contributed by atoms with Gasteiger partial charge >= 0.3 is 6.18 Å². The van der Waals surface area contributed by atoms with E-state index in [4.69, 9.17) is 5.11 Å². The van der Waals surface area contributed by atoms with E-state index in [1.807, 2.05) is 4.90 Å². The first-order valence-electron chi connectivity index (χ1n) is 7.50. The zero-order chi connectivity index (χ0) is 17.3. The number of rotatable bonds is 2. The van der Waals surface area contributed by atoms with Crippen LogP contribution in [0.3, 0.4) is 0 Å². The normalized spacial score (nSPS) is 15.8. The van der Waals surface area contributed by atoms with Crippen LogP contribution in [-0.4, -0.2) is 53.7 Å². The van der Waals surface area contributed by atoms with Crippen LogP contribution in [0.15, 0.2) is 30.3 Å². The van der Waals surface area contributed by atoms with Crippen molar-refractivity contribution in [1.82, 2.24) is 9.88 Å². The van der Waals surface area contributed by atoms with Crippen LogP contribution in [0, 0.1) is 0 Å². The standard InChI is InChI=1S/C16H16F3N3O2/c17-16(18,19)12-2-3-13-11(9-12)1-4-14(20-13)21-5-7-22(8-6-21)15(24)10-23/h1-4,9,23H,5-8,10H2. The van der Waals surface area contributed by atoms with Gasteiger partial charge in [-0.05, 0) is 30.3 Å². The molecule has 0 radical (unpaired) electrons. The predicted octanol–water partition coefficient (Wildman–Crippen LogP) is 1.89. The molecule has 0 atom stereocenters. The third-order valence-corrected chi connectivity index (χ3v) is 4.09. The van der Waals surface area contributed by atoms with Crippen molar-refractivity contribution in [1.29, 1.82) is 0 Å². The molecule has 2 heterocycles. The van der Waals surface area contributed by atoms with Crippen LogP contribution in [0.5, 0.6) is 0 Å². The van der Waals surface area contributed by atoms with E-state index in [2.05, 4.69) is 4.98 Å². The molecular weight excluding hydrogens is 323 g/mol. The number of amides is 1. The second-order valence-electron chi connectivity index (χ2n) is 5.60. The number of nitrogens with zero attached hydrogens (tertiary/aromatic N) is 3. The molecule has 1 saturated heterocycles. The van der Waals surface area contributed by atoms with Crippen LogP contribution in [-0.2, 0) is 11.0 Å². The molecule has 8 heteroatoms. The first-order chi connectivity index (χ1) is 11.4. The summed E-state index contributed by atoms with van der Waals surface area (Å²) < 4.78 is 38.2. The topological polar surface area (TPSA) is 56.7 Å². The van der Waals surface area contributed by atoms with Gasteiger partial charge in [0.05, 0.1) is 11.1 Å². The maximum absolute atomic E-state index is 12.7. The molecule has 0 aliphatic carbocycles. The van der Waals surface area contributed by atoms with E-state index in [1.165, 1.54) is 6.07 Å². The summed E-state index contributed by atoms with van der Waals surface area (Å²) in [5.74, 6) is 0.360. The monoisotopic (exact) mass is 339 g/mol. The molecule has 3 rings (SSSR count). The highest BCUT2D eigenvalue weighted by Gasteiger charge is 2.30. The molecule has 1 aliphatic heterocycles. The first-order valence-corrected chi connectivity index (χ1v) is 7.50. The molecule has 1 amide bonds. The molecular formula is C16H16F3N3O2. The average molecular weight is 339 g/mol. The van der Waals surface area contributed by atoms with Gasteiger partial charge in [0, 0.05) is 31.6 Å². The number of alkyl halides is 3. The minimum atomic E-state index is -4.37. The maximum atomic E-state index is 12.7. The molecule has 5 nitrogen and oxygen atoms in total. The predicted molar refractivity (Wildman–Crippen MR) is 82.6 cm³/mol. The fraction of sp³-hybridized carbons (Fsp3) is 0.375. The van der Waals surface area contributed by atoms with Crippen LogP contribution in [0.1, 0.15) is 5.56 Å². The Bertz CT molecular complexity index is 756. The number of aliphatic hydroxyl groups excluding tert-OH is 1. The van der Waals surface area contributed by atoms with Gasteiger partial charge in [0.25, 0.3) is 0 Å². The molecule has 0 spiro atoms. The number of benzene rings is 1. The van der Waals surface area contributed by atoms with Gasteiger partial charge in [0.15, 0.2) is 0 Å². The van der Waals surface area contributed by atoms with Gasteiger partial charge in [-0.25, -0.2) is 4.98 Å². The van der Waals surface area contributed by atoms with Gasteiger partial charge in [0.1, 0.15) is 12.4 Å². The van der Waals surface area contributed by atoms with Crippen LogP contribution >= 0.6 is 0 Å². The summed E-state index contributed by atoms with van der Waals surface area (Å²) in [6.07, 6.45) is -4.37. The summed E-state index contributed by atoms with van der Waals surface area (Å²) in [6.45, 7) is 1.57. The number of anilines is 1. The number of aromatic nitrogens is 1. The molecule has 1 aliphatic rings. The van der Waals surface area contributed by atoms with E-state index in [9.17, 15) is 18.0 Å². The fourth-order valence-corrected chi connectivity index (χ4v) is 2.75. The molecule has 1 aromatic carbocycles. The molecule has 128 valence electrons. The Balaban J connectivity index is 1.78. The largest absolute Gasteiger partial charge is 0.416 e. The average Bonchev–Trinajstić information content (AvgIpc) is 2.59. The van der Waals surface area contributed by atoms with Crippen molar-refractivity contribution < 1.29 is 23.1 Å². The van der Waals surface area contributed by atoms with E-state index >= 15 is 0 Å². The lowest BCUT2D eigenvalue weighted by molar-refractivity contribution is -0.137. The van der Waals surface area contributed by atoms with Gasteiger partial charge in [-0.1, -0.05) is 0 Å². The van der Waals surface area contributed by atoms with Crippen molar-refractivity contribution in [3.05, 3.63) is 35.9 Å². The van der Waals surface area contributed by atoms with Crippen molar-refractivity contribution in [2.75, 3.05) is 37.7 Å². The number of aliphatic hydroxyl groups is 1. The summed E-state index contributed by atoms with van der Waals surface area (Å²) in [4.78, 5) is 19.4. The number of piperazine rings is 1. The Morgan fingerprint density at radius 3 is 2.46 bits per heavy atom. The Labute approximate surface area is 136 Å². The number of pyridine rings is 1. The van der Waals surface area contributed by atoms with Crippen LogP contribution in [0.4, 0.5) is 19.0 Å². The highest BCUT2D eigenvalue weighted by molar-refractivity contribution is 5.81. The van der Waals surface area contributed by atoms with Crippen molar-refractivity contribution in [2.45, 2.75) is 6.18 Å². The quantitative estimate of drug-likeness (QED) is 0.908. The highest BCUT2D eigenvalue weighted by atomic mass is 19.4. The van der Waals surface area contributed by atoms with E-state index in [-0.39, 0.29) is 5.91 Å². The molecule has 0 saturated carbocycles. The van der Waals surface area contributed by atoms with E-state index in [0.29, 0.717) is 42.9 Å². The fourth-order valence-electron chi connectivity index (χ4n) is 2.75. The van der Waals surface area contributed by atoms with Crippen LogP contribution < -0.4 is 4.90 Å². The smallest absolute Gasteiger partial charge is 0.387 e. The second-order valence-corrected chi connectivity index (χ2v) is 5.60. The Kier molecular flexibility index (Phi) is 4.31. The summed E-state index contributed by atoms with van der Waals surface area (Å²) in [7, 11) is 0. The number of carbonyl (C=O) groups excluding carboxylic acids is 1. The van der Waals surface area contributed by atoms with Gasteiger partial charge in [0.2, 0.25) is 5.91 Å².